The summed E-state index contributed by atoms with van der Waals surface area (Å²) < 4.78 is 31.3. The summed E-state index contributed by atoms with van der Waals surface area (Å²) in [5, 5.41) is 0. The van der Waals surface area contributed by atoms with Crippen LogP contribution in [0.25, 0.3) is 0 Å². The molecule has 7 heteroatoms. The average molecular weight is 252 g/mol. The molecule has 0 bridgehead atoms. The van der Waals surface area contributed by atoms with Gasteiger partial charge in [-0.3, -0.25) is 8.98 Å². The van der Waals surface area contributed by atoms with Crippen LogP contribution in [0, 0.1) is 0 Å². The Balaban J connectivity index is 4.47. The lowest BCUT2D eigenvalue weighted by atomic mass is 10.1. The van der Waals surface area contributed by atoms with Gasteiger partial charge in [0, 0.05) is 13.3 Å². The topological polar surface area (TPSA) is 86.7 Å². The summed E-state index contributed by atoms with van der Waals surface area (Å²) in [6.45, 7) is 2.68. The van der Waals surface area contributed by atoms with E-state index in [1.807, 2.05) is 0 Å². The van der Waals surface area contributed by atoms with E-state index in [0.29, 0.717) is 6.29 Å². The SMILES string of the molecule is CC(=O)OC(CCC=O)C(C)OS(C)(=O)=O. The van der Waals surface area contributed by atoms with Crippen LogP contribution in [0.1, 0.15) is 26.7 Å². The summed E-state index contributed by atoms with van der Waals surface area (Å²) >= 11 is 0. The number of rotatable bonds is 7. The fourth-order valence-electron chi connectivity index (χ4n) is 1.17. The van der Waals surface area contributed by atoms with Gasteiger partial charge in [0.15, 0.2) is 0 Å². The molecule has 0 heterocycles. The fourth-order valence-corrected chi connectivity index (χ4v) is 1.85. The van der Waals surface area contributed by atoms with Crippen molar-refractivity contribution in [2.45, 2.75) is 38.9 Å². The van der Waals surface area contributed by atoms with Gasteiger partial charge in [0.2, 0.25) is 0 Å². The molecule has 2 atom stereocenters. The van der Waals surface area contributed by atoms with Crippen LogP contribution >= 0.6 is 0 Å². The number of ether oxygens (including phenoxy) is 1. The molecule has 0 aromatic carbocycles. The first-order valence-electron chi connectivity index (χ1n) is 4.75. The highest BCUT2D eigenvalue weighted by molar-refractivity contribution is 7.86. The first kappa shape index (κ1) is 15.0. The maximum Gasteiger partial charge on any atom is 0.302 e. The normalized spacial score (nSPS) is 15.2. The maximum absolute atomic E-state index is 10.9. The molecule has 0 rings (SSSR count). The van der Waals surface area contributed by atoms with E-state index >= 15 is 0 Å². The minimum Gasteiger partial charge on any atom is -0.460 e. The van der Waals surface area contributed by atoms with E-state index in [0.717, 1.165) is 6.26 Å². The lowest BCUT2D eigenvalue weighted by molar-refractivity contribution is -0.151. The summed E-state index contributed by atoms with van der Waals surface area (Å²) in [4.78, 5) is 21.0. The minimum atomic E-state index is -3.61. The van der Waals surface area contributed by atoms with E-state index < -0.39 is 28.3 Å². The lowest BCUT2D eigenvalue weighted by Crippen LogP contribution is -2.32. The number of hydrogen-bond donors (Lipinski definition) is 0. The maximum atomic E-state index is 10.9. The zero-order valence-electron chi connectivity index (χ0n) is 9.50. The van der Waals surface area contributed by atoms with Gasteiger partial charge in [0.1, 0.15) is 18.5 Å². The van der Waals surface area contributed by atoms with E-state index in [4.69, 9.17) is 4.74 Å². The summed E-state index contributed by atoms with van der Waals surface area (Å²) in [5.41, 5.74) is 0. The van der Waals surface area contributed by atoms with Gasteiger partial charge in [-0.25, -0.2) is 0 Å². The smallest absolute Gasteiger partial charge is 0.302 e. The van der Waals surface area contributed by atoms with Crippen molar-refractivity contribution >= 4 is 22.4 Å². The van der Waals surface area contributed by atoms with Crippen molar-refractivity contribution in [1.29, 1.82) is 0 Å². The van der Waals surface area contributed by atoms with Crippen molar-refractivity contribution in [2.24, 2.45) is 0 Å². The van der Waals surface area contributed by atoms with Crippen molar-refractivity contribution in [3.8, 4) is 0 Å². The molecule has 0 N–H and O–H groups in total. The van der Waals surface area contributed by atoms with Gasteiger partial charge < -0.3 is 9.53 Å². The van der Waals surface area contributed by atoms with Crippen molar-refractivity contribution in [3.05, 3.63) is 0 Å². The Hall–Kier alpha value is -0.950. The molecular formula is C9H16O6S. The molecule has 0 fully saturated rings. The highest BCUT2D eigenvalue weighted by Gasteiger charge is 2.24. The number of esters is 1. The second-order valence-electron chi connectivity index (χ2n) is 3.40. The van der Waals surface area contributed by atoms with E-state index in [1.54, 1.807) is 0 Å². The monoisotopic (exact) mass is 252 g/mol. The second kappa shape index (κ2) is 6.59. The molecule has 6 nitrogen and oxygen atoms in total. The molecular weight excluding hydrogens is 236 g/mol. The molecule has 0 spiro atoms. The molecule has 0 aromatic heterocycles. The number of carbonyl (C=O) groups is 2. The van der Waals surface area contributed by atoms with E-state index in [2.05, 4.69) is 4.18 Å². The van der Waals surface area contributed by atoms with Crippen LogP contribution in [0.5, 0.6) is 0 Å². The fraction of sp³-hybridized carbons (Fsp3) is 0.778. The molecule has 0 saturated carbocycles. The molecule has 0 aliphatic carbocycles. The molecule has 94 valence electrons. The van der Waals surface area contributed by atoms with E-state index in [1.165, 1.54) is 13.8 Å². The molecule has 0 saturated heterocycles. The Morgan fingerprint density at radius 3 is 2.38 bits per heavy atom. The zero-order chi connectivity index (χ0) is 12.8. The van der Waals surface area contributed by atoms with Gasteiger partial charge in [-0.05, 0) is 13.3 Å². The van der Waals surface area contributed by atoms with Crippen molar-refractivity contribution in [2.75, 3.05) is 6.26 Å². The van der Waals surface area contributed by atoms with Crippen LogP contribution in [-0.4, -0.2) is 39.1 Å². The van der Waals surface area contributed by atoms with Crippen LogP contribution in [0.2, 0.25) is 0 Å². The van der Waals surface area contributed by atoms with Gasteiger partial charge in [-0.1, -0.05) is 0 Å². The van der Waals surface area contributed by atoms with Crippen LogP contribution in [-0.2, 0) is 28.6 Å². The van der Waals surface area contributed by atoms with Crippen molar-refractivity contribution in [1.82, 2.24) is 0 Å². The third-order valence-corrected chi connectivity index (χ3v) is 2.39. The van der Waals surface area contributed by atoms with Gasteiger partial charge in [-0.15, -0.1) is 0 Å². The summed E-state index contributed by atoms with van der Waals surface area (Å²) in [7, 11) is -3.61. The summed E-state index contributed by atoms with van der Waals surface area (Å²) in [6, 6.07) is 0. The Morgan fingerprint density at radius 1 is 1.44 bits per heavy atom. The van der Waals surface area contributed by atoms with Gasteiger partial charge in [0.25, 0.3) is 10.1 Å². The Kier molecular flexibility index (Phi) is 6.20. The van der Waals surface area contributed by atoms with Crippen LogP contribution in [0.3, 0.4) is 0 Å². The molecule has 0 aliphatic rings. The standard InChI is InChI=1S/C9H16O6S/c1-7(15-16(3,12)13)9(5-4-6-10)14-8(2)11/h6-7,9H,4-5H2,1-3H3. The number of carbonyl (C=O) groups excluding carboxylic acids is 2. The molecule has 2 unspecified atom stereocenters. The molecule has 0 aliphatic heterocycles. The quantitative estimate of drug-likeness (QED) is 0.367. The average Bonchev–Trinajstić information content (AvgIpc) is 2.08. The van der Waals surface area contributed by atoms with Gasteiger partial charge in [-0.2, -0.15) is 8.42 Å². The van der Waals surface area contributed by atoms with Crippen LogP contribution in [0.15, 0.2) is 0 Å². The molecule has 0 amide bonds. The Labute approximate surface area is 95.0 Å². The van der Waals surface area contributed by atoms with Gasteiger partial charge >= 0.3 is 5.97 Å². The Bertz CT molecular complexity index is 334. The van der Waals surface area contributed by atoms with E-state index in [-0.39, 0.29) is 12.8 Å². The van der Waals surface area contributed by atoms with Crippen molar-refractivity contribution in [3.63, 3.8) is 0 Å². The highest BCUT2D eigenvalue weighted by atomic mass is 32.2. The predicted molar refractivity (Wildman–Crippen MR) is 56.2 cm³/mol. The first-order valence-corrected chi connectivity index (χ1v) is 6.57. The van der Waals surface area contributed by atoms with Crippen LogP contribution < -0.4 is 0 Å². The molecule has 0 aromatic rings. The number of aldehydes is 1. The predicted octanol–water partition coefficient (Wildman–Crippen LogP) is 0.262. The lowest BCUT2D eigenvalue weighted by Gasteiger charge is -2.22. The third kappa shape index (κ3) is 7.36. The molecule has 0 radical (unpaired) electrons. The highest BCUT2D eigenvalue weighted by Crippen LogP contribution is 2.12. The van der Waals surface area contributed by atoms with Crippen molar-refractivity contribution < 1.29 is 26.9 Å². The second-order valence-corrected chi connectivity index (χ2v) is 5.00. The summed E-state index contributed by atoms with van der Waals surface area (Å²) in [6.07, 6.45) is 0.448. The third-order valence-electron chi connectivity index (χ3n) is 1.74. The summed E-state index contributed by atoms with van der Waals surface area (Å²) in [5.74, 6) is -0.542. The molecule has 16 heavy (non-hydrogen) atoms. The largest absolute Gasteiger partial charge is 0.460 e. The number of hydrogen-bond acceptors (Lipinski definition) is 6. The van der Waals surface area contributed by atoms with Crippen LogP contribution in [0.4, 0.5) is 0 Å². The Morgan fingerprint density at radius 2 is 2.00 bits per heavy atom. The minimum absolute atomic E-state index is 0.176. The zero-order valence-corrected chi connectivity index (χ0v) is 10.3. The first-order chi connectivity index (χ1) is 7.26. The van der Waals surface area contributed by atoms with E-state index in [9.17, 15) is 18.0 Å². The van der Waals surface area contributed by atoms with Gasteiger partial charge in [0.05, 0.1) is 6.26 Å².